The molecule has 8 nitrogen and oxygen atoms in total. The zero-order valence-electron chi connectivity index (χ0n) is 25.6. The number of nitrogens with one attached hydrogen (secondary N) is 1. The lowest BCUT2D eigenvalue weighted by molar-refractivity contribution is 0.102. The zero-order valence-corrected chi connectivity index (χ0v) is 26.4. The van der Waals surface area contributed by atoms with Gasteiger partial charge in [0.2, 0.25) is 0 Å². The van der Waals surface area contributed by atoms with Gasteiger partial charge in [-0.15, -0.1) is 5.10 Å². The number of hydrogen-bond donors (Lipinski definition) is 2. The van der Waals surface area contributed by atoms with Gasteiger partial charge in [0.25, 0.3) is 5.91 Å². The maximum Gasteiger partial charge on any atom is 0.259 e. The lowest BCUT2D eigenvalue weighted by Gasteiger charge is -2.15. The van der Waals surface area contributed by atoms with Crippen LogP contribution in [-0.2, 0) is 6.42 Å². The van der Waals surface area contributed by atoms with Crippen molar-refractivity contribution in [3.05, 3.63) is 66.0 Å². The number of amides is 1. The summed E-state index contributed by atoms with van der Waals surface area (Å²) in [6, 6.07) is 16.6. The Bertz CT molecular complexity index is 1440. The number of aryl methyl sites for hydroxylation is 1. The maximum atomic E-state index is 13.5. The number of aromatic nitrogens is 4. The molecular formula is C34H45N5O3S. The van der Waals surface area contributed by atoms with E-state index in [9.17, 15) is 9.90 Å². The van der Waals surface area contributed by atoms with Crippen molar-refractivity contribution >= 4 is 34.3 Å². The molecule has 0 aliphatic heterocycles. The van der Waals surface area contributed by atoms with E-state index in [1.165, 1.54) is 76.2 Å². The molecule has 0 bridgehead atoms. The molecule has 0 unspecified atom stereocenters. The van der Waals surface area contributed by atoms with Gasteiger partial charge in [-0.25, -0.2) is 0 Å². The number of fused-ring (bicyclic) bond motifs is 1. The first-order valence-corrected chi connectivity index (χ1v) is 16.6. The molecule has 1 aromatic heterocycles. The predicted octanol–water partition coefficient (Wildman–Crippen LogP) is 8.98. The second kappa shape index (κ2) is 17.5. The third-order valence-electron chi connectivity index (χ3n) is 7.62. The summed E-state index contributed by atoms with van der Waals surface area (Å²) in [7, 11) is 0. The highest BCUT2D eigenvalue weighted by Crippen LogP contribution is 2.38. The number of aromatic hydroxyl groups is 1. The highest BCUT2D eigenvalue weighted by atomic mass is 32.2. The molecular weight excluding hydrogens is 558 g/mol. The Balaban J connectivity index is 1.31. The summed E-state index contributed by atoms with van der Waals surface area (Å²) >= 11 is 1.32. The molecule has 0 spiro atoms. The van der Waals surface area contributed by atoms with Crippen molar-refractivity contribution < 1.29 is 14.6 Å². The normalized spacial score (nSPS) is 11.2. The molecule has 230 valence electrons. The highest BCUT2D eigenvalue weighted by molar-refractivity contribution is 7.98. The number of rotatable bonds is 19. The number of phenols is 1. The standard InChI is InChI=1S/C34H45N5O3S/c1-3-5-6-7-8-9-10-11-12-13-14-19-24-42-30-23-18-17-22-29(30)35-34(41)28-25-31(43-39-32(4-2)36-37-38-39)26-20-15-16-21-27(26)33(28)40/h15-18,20-23,25,40H,3-14,19,24H2,1-2H3,(H,35,41). The molecule has 0 saturated carbocycles. The minimum atomic E-state index is -0.418. The van der Waals surface area contributed by atoms with E-state index in [2.05, 4.69) is 27.8 Å². The molecule has 0 saturated heterocycles. The van der Waals surface area contributed by atoms with E-state index >= 15 is 0 Å². The SMILES string of the molecule is CCCCCCCCCCCCCCOc1ccccc1NC(=O)c1cc(Sn2nnnc2CC)c2ccccc2c1O. The number of para-hydroxylation sites is 2. The lowest BCUT2D eigenvalue weighted by atomic mass is 10.0. The van der Waals surface area contributed by atoms with Gasteiger partial charge in [0.15, 0.2) is 5.82 Å². The second-order valence-electron chi connectivity index (χ2n) is 10.9. The molecule has 0 fully saturated rings. The van der Waals surface area contributed by atoms with Crippen LogP contribution in [0.3, 0.4) is 0 Å². The van der Waals surface area contributed by atoms with Gasteiger partial charge in [-0.3, -0.25) is 4.79 Å². The summed E-state index contributed by atoms with van der Waals surface area (Å²) in [6.07, 6.45) is 16.2. The van der Waals surface area contributed by atoms with Gasteiger partial charge in [0.1, 0.15) is 11.5 Å². The summed E-state index contributed by atoms with van der Waals surface area (Å²) in [4.78, 5) is 14.3. The molecule has 4 rings (SSSR count). The fourth-order valence-corrected chi connectivity index (χ4v) is 6.13. The number of phenolic OH excluding ortho intramolecular Hbond substituents is 1. The smallest absolute Gasteiger partial charge is 0.259 e. The van der Waals surface area contributed by atoms with Crippen LogP contribution in [0.25, 0.3) is 10.8 Å². The third kappa shape index (κ3) is 9.45. The van der Waals surface area contributed by atoms with E-state index in [1.807, 2.05) is 49.4 Å². The molecule has 0 atom stereocenters. The van der Waals surface area contributed by atoms with Crippen LogP contribution in [-0.4, -0.2) is 37.2 Å². The van der Waals surface area contributed by atoms with Crippen molar-refractivity contribution in [1.29, 1.82) is 0 Å². The Labute approximate surface area is 259 Å². The fraction of sp³-hybridized carbons (Fsp3) is 0.471. The number of ether oxygens (including phenoxy) is 1. The van der Waals surface area contributed by atoms with Crippen LogP contribution in [0.1, 0.15) is 107 Å². The molecule has 0 radical (unpaired) electrons. The first-order chi connectivity index (χ1) is 21.1. The van der Waals surface area contributed by atoms with Gasteiger partial charge in [-0.05, 0) is 35.0 Å². The molecule has 9 heteroatoms. The first kappa shape index (κ1) is 32.3. The number of carbonyl (C=O) groups is 1. The summed E-state index contributed by atoms with van der Waals surface area (Å²) in [5, 5.41) is 27.4. The minimum Gasteiger partial charge on any atom is -0.506 e. The fourth-order valence-electron chi connectivity index (χ4n) is 5.15. The molecule has 1 amide bonds. The third-order valence-corrected chi connectivity index (χ3v) is 8.61. The molecule has 0 aliphatic rings. The summed E-state index contributed by atoms with van der Waals surface area (Å²) in [5.74, 6) is 0.848. The van der Waals surface area contributed by atoms with Gasteiger partial charge in [0, 0.05) is 34.0 Å². The van der Waals surface area contributed by atoms with Crippen molar-refractivity contribution in [3.63, 3.8) is 0 Å². The van der Waals surface area contributed by atoms with Gasteiger partial charge >= 0.3 is 0 Å². The monoisotopic (exact) mass is 603 g/mol. The Hall–Kier alpha value is -3.59. The lowest BCUT2D eigenvalue weighted by Crippen LogP contribution is -2.14. The Morgan fingerprint density at radius 2 is 1.49 bits per heavy atom. The van der Waals surface area contributed by atoms with Crippen LogP contribution in [0.15, 0.2) is 59.5 Å². The quantitative estimate of drug-likeness (QED) is 0.103. The van der Waals surface area contributed by atoms with Gasteiger partial charge in [-0.1, -0.05) is 121 Å². The molecule has 1 heterocycles. The number of benzene rings is 3. The number of hydrogen-bond acceptors (Lipinski definition) is 7. The van der Waals surface area contributed by atoms with E-state index in [0.717, 1.165) is 23.1 Å². The largest absolute Gasteiger partial charge is 0.506 e. The Morgan fingerprint density at radius 1 is 0.860 bits per heavy atom. The molecule has 4 aromatic rings. The van der Waals surface area contributed by atoms with Gasteiger partial charge < -0.3 is 15.2 Å². The molecule has 2 N–H and O–H groups in total. The second-order valence-corrected chi connectivity index (χ2v) is 11.9. The van der Waals surface area contributed by atoms with Crippen LogP contribution >= 0.6 is 11.9 Å². The van der Waals surface area contributed by atoms with Crippen molar-refractivity contribution in [1.82, 2.24) is 19.6 Å². The Kier molecular flexibility index (Phi) is 13.2. The average Bonchev–Trinajstić information content (AvgIpc) is 3.48. The van der Waals surface area contributed by atoms with E-state index in [4.69, 9.17) is 4.74 Å². The van der Waals surface area contributed by atoms with E-state index < -0.39 is 5.91 Å². The molecule has 0 aliphatic carbocycles. The molecule has 3 aromatic carbocycles. The number of anilines is 1. The zero-order chi connectivity index (χ0) is 30.3. The van der Waals surface area contributed by atoms with E-state index in [-0.39, 0.29) is 11.3 Å². The average molecular weight is 604 g/mol. The summed E-state index contributed by atoms with van der Waals surface area (Å²) in [6.45, 7) is 4.84. The van der Waals surface area contributed by atoms with Crippen LogP contribution in [0.4, 0.5) is 5.69 Å². The van der Waals surface area contributed by atoms with Gasteiger partial charge in [-0.2, -0.15) is 4.09 Å². The number of carbonyl (C=O) groups excluding carboxylic acids is 1. The molecule has 43 heavy (non-hydrogen) atoms. The summed E-state index contributed by atoms with van der Waals surface area (Å²) < 4.78 is 7.72. The van der Waals surface area contributed by atoms with E-state index in [0.29, 0.717) is 35.7 Å². The van der Waals surface area contributed by atoms with Crippen LogP contribution < -0.4 is 10.1 Å². The van der Waals surface area contributed by atoms with Crippen molar-refractivity contribution in [3.8, 4) is 11.5 Å². The first-order valence-electron chi connectivity index (χ1n) is 15.9. The minimum absolute atomic E-state index is 0.0697. The van der Waals surface area contributed by atoms with Crippen LogP contribution in [0.5, 0.6) is 11.5 Å². The number of tetrazole rings is 1. The number of nitrogens with zero attached hydrogens (tertiary/aromatic N) is 4. The summed E-state index contributed by atoms with van der Waals surface area (Å²) in [5.41, 5.74) is 0.741. The Morgan fingerprint density at radius 3 is 2.19 bits per heavy atom. The van der Waals surface area contributed by atoms with E-state index in [1.54, 1.807) is 16.2 Å². The van der Waals surface area contributed by atoms with Crippen molar-refractivity contribution in [2.75, 3.05) is 11.9 Å². The van der Waals surface area contributed by atoms with Crippen LogP contribution in [0, 0.1) is 0 Å². The highest BCUT2D eigenvalue weighted by Gasteiger charge is 2.20. The van der Waals surface area contributed by atoms with Crippen molar-refractivity contribution in [2.45, 2.75) is 102 Å². The topological polar surface area (TPSA) is 102 Å². The van der Waals surface area contributed by atoms with Crippen LogP contribution in [0.2, 0.25) is 0 Å². The predicted molar refractivity (Wildman–Crippen MR) is 175 cm³/mol. The number of unbranched alkanes of at least 4 members (excludes halogenated alkanes) is 11. The maximum absolute atomic E-state index is 13.5. The van der Waals surface area contributed by atoms with Crippen molar-refractivity contribution in [2.24, 2.45) is 0 Å². The van der Waals surface area contributed by atoms with Gasteiger partial charge in [0.05, 0.1) is 17.9 Å².